The zero-order chi connectivity index (χ0) is 14.4. The van der Waals surface area contributed by atoms with E-state index in [1.165, 1.54) is 0 Å². The van der Waals surface area contributed by atoms with Crippen molar-refractivity contribution < 1.29 is 9.59 Å². The Morgan fingerprint density at radius 2 is 2.00 bits per heavy atom. The van der Waals surface area contributed by atoms with Gasteiger partial charge in [0.05, 0.1) is 11.6 Å². The van der Waals surface area contributed by atoms with Crippen molar-refractivity contribution in [3.8, 4) is 0 Å². The highest BCUT2D eigenvalue weighted by Crippen LogP contribution is 2.21. The van der Waals surface area contributed by atoms with E-state index in [0.717, 1.165) is 0 Å². The molecule has 104 valence electrons. The average Bonchev–Trinajstić information content (AvgIpc) is 2.35. The maximum Gasteiger partial charge on any atom is 0.221 e. The van der Waals surface area contributed by atoms with E-state index in [-0.39, 0.29) is 18.2 Å². The van der Waals surface area contributed by atoms with Crippen molar-refractivity contribution in [2.75, 3.05) is 27.2 Å². The highest BCUT2D eigenvalue weighted by Gasteiger charge is 2.13. The first-order valence-electron chi connectivity index (χ1n) is 5.81. The molecule has 1 rings (SSSR count). The van der Waals surface area contributed by atoms with Gasteiger partial charge in [-0.15, -0.1) is 0 Å². The summed E-state index contributed by atoms with van der Waals surface area (Å²) in [7, 11) is 3.37. The van der Waals surface area contributed by atoms with Gasteiger partial charge < -0.3 is 5.32 Å². The largest absolute Gasteiger partial charge is 0.359 e. The second-order valence-electron chi connectivity index (χ2n) is 4.21. The van der Waals surface area contributed by atoms with E-state index in [4.69, 9.17) is 23.2 Å². The Balaban J connectivity index is 2.56. The number of hydrogen-bond donors (Lipinski definition) is 1. The summed E-state index contributed by atoms with van der Waals surface area (Å²) in [5.74, 6) is -0.148. The minimum absolute atomic E-state index is 0.0520. The van der Waals surface area contributed by atoms with Crippen LogP contribution in [0.1, 0.15) is 16.8 Å². The zero-order valence-corrected chi connectivity index (χ0v) is 12.4. The molecule has 1 aromatic carbocycles. The SMILES string of the molecule is CNC(=O)CCN(C)CC(=O)c1ccc(Cl)cc1Cl. The number of benzene rings is 1. The third-order valence-electron chi connectivity index (χ3n) is 2.64. The molecule has 0 saturated carbocycles. The lowest BCUT2D eigenvalue weighted by molar-refractivity contribution is -0.120. The lowest BCUT2D eigenvalue weighted by atomic mass is 10.1. The molecule has 1 aromatic rings. The second kappa shape index (κ2) is 7.48. The Labute approximate surface area is 122 Å². The number of likely N-dealkylation sites (N-methyl/N-ethyl adjacent to an activating group) is 1. The second-order valence-corrected chi connectivity index (χ2v) is 5.05. The van der Waals surface area contributed by atoms with Crippen LogP contribution in [0.2, 0.25) is 10.0 Å². The van der Waals surface area contributed by atoms with Gasteiger partial charge in [-0.05, 0) is 25.2 Å². The third-order valence-corrected chi connectivity index (χ3v) is 3.19. The molecule has 0 spiro atoms. The average molecular weight is 303 g/mol. The minimum atomic E-state index is -0.0962. The molecule has 0 aliphatic rings. The van der Waals surface area contributed by atoms with Crippen molar-refractivity contribution in [1.82, 2.24) is 10.2 Å². The first kappa shape index (κ1) is 16.0. The summed E-state index contributed by atoms with van der Waals surface area (Å²) in [5, 5.41) is 3.37. The molecule has 0 radical (unpaired) electrons. The molecular formula is C13H16Cl2N2O2. The minimum Gasteiger partial charge on any atom is -0.359 e. The Kier molecular flexibility index (Phi) is 6.28. The van der Waals surface area contributed by atoms with Gasteiger partial charge in [-0.2, -0.15) is 0 Å². The Morgan fingerprint density at radius 3 is 2.58 bits per heavy atom. The summed E-state index contributed by atoms with van der Waals surface area (Å²) in [4.78, 5) is 24.9. The number of nitrogens with one attached hydrogen (secondary N) is 1. The van der Waals surface area contributed by atoms with Gasteiger partial charge in [-0.3, -0.25) is 14.5 Å². The van der Waals surface area contributed by atoms with Crippen LogP contribution in [0.15, 0.2) is 18.2 Å². The van der Waals surface area contributed by atoms with Gasteiger partial charge in [0.1, 0.15) is 0 Å². The molecule has 0 aliphatic heterocycles. The molecule has 1 amide bonds. The van der Waals surface area contributed by atoms with Crippen molar-refractivity contribution in [2.45, 2.75) is 6.42 Å². The van der Waals surface area contributed by atoms with Crippen LogP contribution in [0, 0.1) is 0 Å². The molecule has 19 heavy (non-hydrogen) atoms. The fourth-order valence-electron chi connectivity index (χ4n) is 1.54. The van der Waals surface area contributed by atoms with E-state index >= 15 is 0 Å². The summed E-state index contributed by atoms with van der Waals surface area (Å²) in [6.45, 7) is 0.717. The van der Waals surface area contributed by atoms with Crippen molar-refractivity contribution in [1.29, 1.82) is 0 Å². The van der Waals surface area contributed by atoms with E-state index in [1.54, 1.807) is 37.2 Å². The van der Waals surface area contributed by atoms with Crippen LogP contribution >= 0.6 is 23.2 Å². The maximum absolute atomic E-state index is 12.0. The first-order valence-corrected chi connectivity index (χ1v) is 6.57. The molecule has 0 aliphatic carbocycles. The van der Waals surface area contributed by atoms with Crippen LogP contribution in [0.25, 0.3) is 0 Å². The number of carbonyl (C=O) groups is 2. The smallest absolute Gasteiger partial charge is 0.221 e. The van der Waals surface area contributed by atoms with Crippen molar-refractivity contribution >= 4 is 34.9 Å². The number of Topliss-reactive ketones (excluding diaryl/α,β-unsaturated/α-hetero) is 1. The van der Waals surface area contributed by atoms with Gasteiger partial charge in [0, 0.05) is 30.6 Å². The van der Waals surface area contributed by atoms with Crippen LogP contribution < -0.4 is 5.32 Å². The third kappa shape index (κ3) is 5.19. The van der Waals surface area contributed by atoms with Gasteiger partial charge in [-0.25, -0.2) is 0 Å². The van der Waals surface area contributed by atoms with Crippen LogP contribution in [0.5, 0.6) is 0 Å². The van der Waals surface area contributed by atoms with Gasteiger partial charge in [0.2, 0.25) is 5.91 Å². The molecule has 0 atom stereocenters. The number of hydrogen-bond acceptors (Lipinski definition) is 3. The number of carbonyl (C=O) groups excluding carboxylic acids is 2. The standard InChI is InChI=1S/C13H16Cl2N2O2/c1-16-13(19)5-6-17(2)8-12(18)10-4-3-9(14)7-11(10)15/h3-4,7H,5-6,8H2,1-2H3,(H,16,19). The molecule has 0 heterocycles. The summed E-state index contributed by atoms with van der Waals surface area (Å²) < 4.78 is 0. The fourth-order valence-corrected chi connectivity index (χ4v) is 2.06. The van der Waals surface area contributed by atoms with E-state index in [1.807, 2.05) is 0 Å². The molecule has 0 unspecified atom stereocenters. The highest BCUT2D eigenvalue weighted by molar-refractivity contribution is 6.36. The predicted molar refractivity (Wildman–Crippen MR) is 77.0 cm³/mol. The van der Waals surface area contributed by atoms with Gasteiger partial charge >= 0.3 is 0 Å². The number of halogens is 2. The lowest BCUT2D eigenvalue weighted by Crippen LogP contribution is -2.30. The van der Waals surface area contributed by atoms with Crippen LogP contribution in [-0.2, 0) is 4.79 Å². The van der Waals surface area contributed by atoms with Crippen molar-refractivity contribution in [3.05, 3.63) is 33.8 Å². The molecule has 6 heteroatoms. The predicted octanol–water partition coefficient (Wildman–Crippen LogP) is 2.24. The number of ketones is 1. The summed E-state index contributed by atoms with van der Waals surface area (Å²) >= 11 is 11.7. The Morgan fingerprint density at radius 1 is 1.32 bits per heavy atom. The summed E-state index contributed by atoms with van der Waals surface area (Å²) in [5.41, 5.74) is 0.442. The molecule has 0 bridgehead atoms. The normalized spacial score (nSPS) is 10.6. The van der Waals surface area contributed by atoms with Crippen molar-refractivity contribution in [2.24, 2.45) is 0 Å². The highest BCUT2D eigenvalue weighted by atomic mass is 35.5. The van der Waals surface area contributed by atoms with Gasteiger partial charge in [-0.1, -0.05) is 23.2 Å². The summed E-state index contributed by atoms with van der Waals surface area (Å²) in [6.07, 6.45) is 0.356. The lowest BCUT2D eigenvalue weighted by Gasteiger charge is -2.15. The Hall–Kier alpha value is -1.10. The Bertz CT molecular complexity index is 478. The van der Waals surface area contributed by atoms with Gasteiger partial charge in [0.25, 0.3) is 0 Å². The molecular weight excluding hydrogens is 287 g/mol. The quantitative estimate of drug-likeness (QED) is 0.820. The van der Waals surface area contributed by atoms with E-state index in [2.05, 4.69) is 5.32 Å². The number of rotatable bonds is 6. The molecule has 0 aromatic heterocycles. The fraction of sp³-hybridized carbons (Fsp3) is 0.385. The maximum atomic E-state index is 12.0. The molecule has 0 saturated heterocycles. The number of nitrogens with zero attached hydrogens (tertiary/aromatic N) is 1. The number of amides is 1. The molecule has 1 N–H and O–H groups in total. The summed E-state index contributed by atoms with van der Waals surface area (Å²) in [6, 6.07) is 4.78. The van der Waals surface area contributed by atoms with E-state index < -0.39 is 0 Å². The zero-order valence-electron chi connectivity index (χ0n) is 10.9. The monoisotopic (exact) mass is 302 g/mol. The van der Waals surface area contributed by atoms with Crippen LogP contribution in [0.4, 0.5) is 0 Å². The van der Waals surface area contributed by atoms with Crippen LogP contribution in [-0.4, -0.2) is 43.8 Å². The topological polar surface area (TPSA) is 49.4 Å². The van der Waals surface area contributed by atoms with Gasteiger partial charge in [0.15, 0.2) is 5.78 Å². The molecule has 0 fully saturated rings. The van der Waals surface area contributed by atoms with Crippen molar-refractivity contribution in [3.63, 3.8) is 0 Å². The first-order chi connectivity index (χ1) is 8.93. The van der Waals surface area contributed by atoms with E-state index in [9.17, 15) is 9.59 Å². The van der Waals surface area contributed by atoms with Crippen LogP contribution in [0.3, 0.4) is 0 Å². The molecule has 4 nitrogen and oxygen atoms in total. The van der Waals surface area contributed by atoms with E-state index in [0.29, 0.717) is 28.6 Å².